The summed E-state index contributed by atoms with van der Waals surface area (Å²) in [6.07, 6.45) is -3.06. The van der Waals surface area contributed by atoms with Gasteiger partial charge in [-0.1, -0.05) is 6.08 Å². The number of urea groups is 1. The summed E-state index contributed by atoms with van der Waals surface area (Å²) in [5, 5.41) is 15.8. The van der Waals surface area contributed by atoms with Crippen molar-refractivity contribution in [2.45, 2.75) is 24.2 Å². The summed E-state index contributed by atoms with van der Waals surface area (Å²) in [5.41, 5.74) is 0.166. The van der Waals surface area contributed by atoms with Crippen LogP contribution in [0, 0.1) is 0 Å². The molecule has 4 rings (SSSR count). The summed E-state index contributed by atoms with van der Waals surface area (Å²) in [4.78, 5) is 13.2. The fourth-order valence-electron chi connectivity index (χ4n) is 4.07. The quantitative estimate of drug-likeness (QED) is 0.643. The fraction of sp³-hybridized carbons (Fsp3) is 0.550. The first-order valence-electron chi connectivity index (χ1n) is 9.81. The molecule has 7 nitrogen and oxygen atoms in total. The summed E-state index contributed by atoms with van der Waals surface area (Å²) in [7, 11) is 0. The molecule has 1 atom stereocenters. The molecule has 1 aromatic carbocycles. The van der Waals surface area contributed by atoms with Crippen LogP contribution in [0.2, 0.25) is 0 Å². The number of nitrogens with zero attached hydrogens (tertiary/aromatic N) is 1. The highest BCUT2D eigenvalue weighted by Crippen LogP contribution is 2.35. The molecular formula is C20H24F3N3O4. The average Bonchev–Trinajstić information content (AvgIpc) is 3.08. The number of aliphatic hydroxyl groups is 1. The zero-order valence-corrected chi connectivity index (χ0v) is 16.3. The predicted molar refractivity (Wildman–Crippen MR) is 102 cm³/mol. The lowest BCUT2D eigenvalue weighted by atomic mass is 9.91. The van der Waals surface area contributed by atoms with Crippen molar-refractivity contribution in [1.82, 2.24) is 15.5 Å². The Morgan fingerprint density at radius 2 is 2.10 bits per heavy atom. The topological polar surface area (TPSA) is 83.1 Å². The number of nitrogens with one attached hydrogen (secondary N) is 2. The number of aliphatic hydroxyl groups excluding tert-OH is 1. The van der Waals surface area contributed by atoms with Crippen LogP contribution in [0.25, 0.3) is 5.57 Å². The van der Waals surface area contributed by atoms with Gasteiger partial charge in [0, 0.05) is 26.2 Å². The van der Waals surface area contributed by atoms with E-state index in [1.54, 1.807) is 12.1 Å². The number of carbonyl (C=O) groups is 1. The Labute approximate surface area is 171 Å². The van der Waals surface area contributed by atoms with Gasteiger partial charge in [-0.15, -0.1) is 0 Å². The highest BCUT2D eigenvalue weighted by atomic mass is 19.4. The van der Waals surface area contributed by atoms with Crippen LogP contribution in [0.15, 0.2) is 24.3 Å². The van der Waals surface area contributed by atoms with Gasteiger partial charge in [0.25, 0.3) is 0 Å². The largest absolute Gasteiger partial charge is 0.491 e. The summed E-state index contributed by atoms with van der Waals surface area (Å²) in [6, 6.07) is 3.44. The second-order valence-corrected chi connectivity index (χ2v) is 8.02. The Balaban J connectivity index is 1.36. The molecule has 0 radical (unpaired) electrons. The number of ether oxygens (including phenoxy) is 2. The molecule has 1 spiro atoms. The number of amides is 2. The van der Waals surface area contributed by atoms with Crippen LogP contribution < -0.4 is 15.4 Å². The molecule has 3 aliphatic heterocycles. The van der Waals surface area contributed by atoms with Crippen LogP contribution in [-0.2, 0) is 10.9 Å². The minimum atomic E-state index is -4.50. The number of likely N-dealkylation sites (tertiary alicyclic amines) is 1. The van der Waals surface area contributed by atoms with Crippen LogP contribution in [0.5, 0.6) is 5.75 Å². The number of hydrogen-bond acceptors (Lipinski definition) is 5. The van der Waals surface area contributed by atoms with Gasteiger partial charge >= 0.3 is 12.2 Å². The van der Waals surface area contributed by atoms with Gasteiger partial charge in [-0.05, 0) is 35.8 Å². The van der Waals surface area contributed by atoms with E-state index in [2.05, 4.69) is 10.6 Å². The van der Waals surface area contributed by atoms with E-state index in [1.165, 1.54) is 0 Å². The molecular weight excluding hydrogens is 403 g/mol. The lowest BCUT2D eigenvalue weighted by molar-refractivity contribution is -0.137. The Kier molecular flexibility index (Phi) is 5.65. The summed E-state index contributed by atoms with van der Waals surface area (Å²) >= 11 is 0. The normalized spacial score (nSPS) is 22.1. The van der Waals surface area contributed by atoms with Gasteiger partial charge in [0.05, 0.1) is 24.3 Å². The highest BCUT2D eigenvalue weighted by Gasteiger charge is 2.47. The third-order valence-corrected chi connectivity index (χ3v) is 5.50. The van der Waals surface area contributed by atoms with E-state index in [1.807, 2.05) is 4.90 Å². The molecule has 3 N–H and O–H groups in total. The van der Waals surface area contributed by atoms with Gasteiger partial charge in [0.15, 0.2) is 0 Å². The van der Waals surface area contributed by atoms with Crippen molar-refractivity contribution in [3.05, 3.63) is 35.4 Å². The second-order valence-electron chi connectivity index (χ2n) is 8.02. The Hall–Kier alpha value is -2.30. The summed E-state index contributed by atoms with van der Waals surface area (Å²) < 4.78 is 50.7. The van der Waals surface area contributed by atoms with Gasteiger partial charge < -0.3 is 25.2 Å². The maximum absolute atomic E-state index is 13.3. The first-order valence-corrected chi connectivity index (χ1v) is 9.81. The molecule has 3 aliphatic rings. The Bertz CT molecular complexity index is 837. The first-order chi connectivity index (χ1) is 14.2. The van der Waals surface area contributed by atoms with E-state index in [9.17, 15) is 23.1 Å². The molecule has 2 saturated heterocycles. The SMILES string of the molecule is O=C1NCC2(CN(CC(O)COc3cc(C4=CCOCC4)cc(C(F)(F)F)c3)C2)N1. The number of benzene rings is 1. The molecule has 1 unspecified atom stereocenters. The van der Waals surface area contributed by atoms with Crippen LogP contribution in [0.1, 0.15) is 17.5 Å². The average molecular weight is 427 g/mol. The van der Waals surface area contributed by atoms with E-state index in [0.717, 1.165) is 17.7 Å². The first kappa shape index (κ1) is 21.0. The second kappa shape index (κ2) is 8.09. The molecule has 0 aliphatic carbocycles. The van der Waals surface area contributed by atoms with Crippen molar-refractivity contribution in [3.63, 3.8) is 0 Å². The molecule has 1 aromatic rings. The van der Waals surface area contributed by atoms with Crippen molar-refractivity contribution < 1.29 is 32.5 Å². The lowest BCUT2D eigenvalue weighted by Gasteiger charge is -2.47. The van der Waals surface area contributed by atoms with Crippen molar-refractivity contribution >= 4 is 11.6 Å². The molecule has 0 bridgehead atoms. The Morgan fingerprint density at radius 1 is 1.30 bits per heavy atom. The van der Waals surface area contributed by atoms with Crippen molar-refractivity contribution in [1.29, 1.82) is 0 Å². The molecule has 0 aromatic heterocycles. The van der Waals surface area contributed by atoms with Gasteiger partial charge in [-0.25, -0.2) is 4.79 Å². The third-order valence-electron chi connectivity index (χ3n) is 5.50. The number of carbonyl (C=O) groups excluding carboxylic acids is 1. The van der Waals surface area contributed by atoms with Crippen molar-refractivity contribution in [2.24, 2.45) is 0 Å². The standard InChI is InChI=1S/C20H24F3N3O4/c21-20(22,23)15-5-14(13-1-3-29-4-2-13)6-17(7-15)30-9-16(27)8-26-11-19(12-26)10-24-18(28)25-19/h1,5-7,16,27H,2-4,8-12H2,(H2,24,25,28). The van der Waals surface area contributed by atoms with E-state index >= 15 is 0 Å². The zero-order valence-electron chi connectivity index (χ0n) is 16.3. The van der Waals surface area contributed by atoms with Gasteiger partial charge in [0.1, 0.15) is 18.5 Å². The highest BCUT2D eigenvalue weighted by molar-refractivity contribution is 5.78. The number of alkyl halides is 3. The summed E-state index contributed by atoms with van der Waals surface area (Å²) in [5.74, 6) is 0.0682. The molecule has 0 saturated carbocycles. The number of hydrogen-bond donors (Lipinski definition) is 3. The Morgan fingerprint density at radius 3 is 2.73 bits per heavy atom. The summed E-state index contributed by atoms with van der Waals surface area (Å²) in [6.45, 7) is 2.77. The zero-order chi connectivity index (χ0) is 21.4. The molecule has 164 valence electrons. The van der Waals surface area contributed by atoms with Gasteiger partial charge in [-0.3, -0.25) is 4.90 Å². The van der Waals surface area contributed by atoms with Crippen molar-refractivity contribution in [2.75, 3.05) is 46.0 Å². The van der Waals surface area contributed by atoms with Crippen LogP contribution >= 0.6 is 0 Å². The molecule has 10 heteroatoms. The molecule has 2 amide bonds. The third kappa shape index (κ3) is 4.71. The minimum absolute atomic E-state index is 0.0682. The predicted octanol–water partition coefficient (Wildman–Crippen LogP) is 1.62. The van der Waals surface area contributed by atoms with Crippen LogP contribution in [0.4, 0.5) is 18.0 Å². The van der Waals surface area contributed by atoms with Gasteiger partial charge in [0.2, 0.25) is 0 Å². The van der Waals surface area contributed by atoms with Gasteiger partial charge in [-0.2, -0.15) is 13.2 Å². The van der Waals surface area contributed by atoms with E-state index in [4.69, 9.17) is 9.47 Å². The van der Waals surface area contributed by atoms with E-state index in [-0.39, 0.29) is 23.9 Å². The molecule has 30 heavy (non-hydrogen) atoms. The minimum Gasteiger partial charge on any atom is -0.491 e. The fourth-order valence-corrected chi connectivity index (χ4v) is 4.07. The number of β-amino-alcohol motifs (C(OH)–C–C–N with tert-alkyl or cyclic N) is 1. The number of halogens is 3. The lowest BCUT2D eigenvalue weighted by Crippen LogP contribution is -2.69. The maximum Gasteiger partial charge on any atom is 0.416 e. The van der Waals surface area contributed by atoms with Crippen molar-refractivity contribution in [3.8, 4) is 5.75 Å². The van der Waals surface area contributed by atoms with E-state index < -0.39 is 17.8 Å². The number of rotatable bonds is 6. The monoisotopic (exact) mass is 427 g/mol. The van der Waals surface area contributed by atoms with Crippen LogP contribution in [-0.4, -0.2) is 73.7 Å². The maximum atomic E-state index is 13.3. The molecule has 3 heterocycles. The van der Waals surface area contributed by atoms with Crippen LogP contribution in [0.3, 0.4) is 0 Å². The van der Waals surface area contributed by atoms with E-state index in [0.29, 0.717) is 51.4 Å². The smallest absolute Gasteiger partial charge is 0.416 e. The molecule has 2 fully saturated rings.